The van der Waals surface area contributed by atoms with Gasteiger partial charge in [0.15, 0.2) is 0 Å². The molecule has 1 fully saturated rings. The average molecular weight is 247 g/mol. The van der Waals surface area contributed by atoms with Crippen molar-refractivity contribution in [2.75, 3.05) is 26.8 Å². The summed E-state index contributed by atoms with van der Waals surface area (Å²) in [6.07, 6.45) is 1.30. The number of benzene rings is 1. The van der Waals surface area contributed by atoms with Crippen LogP contribution in [0.2, 0.25) is 0 Å². The van der Waals surface area contributed by atoms with E-state index in [4.69, 9.17) is 9.47 Å². The predicted octanol–water partition coefficient (Wildman–Crippen LogP) is 2.42. The van der Waals surface area contributed by atoms with Crippen LogP contribution in [0.3, 0.4) is 0 Å². The van der Waals surface area contributed by atoms with Crippen molar-refractivity contribution < 1.29 is 14.3 Å². The largest absolute Gasteiger partial charge is 0.497 e. The van der Waals surface area contributed by atoms with Gasteiger partial charge in [0.2, 0.25) is 0 Å². The molecule has 1 aromatic rings. The first-order valence-electron chi connectivity index (χ1n) is 5.91. The molecule has 0 spiro atoms. The van der Waals surface area contributed by atoms with Gasteiger partial charge in [0.25, 0.3) is 0 Å². The van der Waals surface area contributed by atoms with Crippen LogP contribution in [0.4, 0.5) is 4.79 Å². The van der Waals surface area contributed by atoms with Crippen molar-refractivity contribution in [3.05, 3.63) is 42.5 Å². The summed E-state index contributed by atoms with van der Waals surface area (Å²) in [4.78, 5) is 13.2. The maximum atomic E-state index is 11.5. The Kier molecular flexibility index (Phi) is 3.87. The van der Waals surface area contributed by atoms with Crippen molar-refractivity contribution in [2.45, 2.75) is 5.92 Å². The molecule has 2 rings (SSSR count). The van der Waals surface area contributed by atoms with E-state index in [2.05, 4.69) is 12.6 Å². The van der Waals surface area contributed by atoms with Crippen molar-refractivity contribution in [3.8, 4) is 5.75 Å². The Hall–Kier alpha value is -1.97. The second-order valence-electron chi connectivity index (χ2n) is 4.24. The molecule has 4 nitrogen and oxygen atoms in total. The normalized spacial score (nSPS) is 14.8. The SMILES string of the molecule is C=CCOC(=O)N1CC(c2cccc(OC)c2)C1. The van der Waals surface area contributed by atoms with Crippen molar-refractivity contribution in [1.82, 2.24) is 4.90 Å². The van der Waals surface area contributed by atoms with Crippen LogP contribution in [-0.2, 0) is 4.74 Å². The van der Waals surface area contributed by atoms with Gasteiger partial charge in [-0.05, 0) is 17.7 Å². The number of rotatable bonds is 4. The molecule has 0 bridgehead atoms. The molecule has 18 heavy (non-hydrogen) atoms. The average Bonchev–Trinajstić information content (AvgIpc) is 2.35. The van der Waals surface area contributed by atoms with Gasteiger partial charge in [-0.1, -0.05) is 24.8 Å². The van der Waals surface area contributed by atoms with Gasteiger partial charge in [-0.3, -0.25) is 0 Å². The van der Waals surface area contributed by atoms with Gasteiger partial charge >= 0.3 is 6.09 Å². The van der Waals surface area contributed by atoms with E-state index in [0.29, 0.717) is 19.0 Å². The maximum Gasteiger partial charge on any atom is 0.410 e. The minimum absolute atomic E-state index is 0.263. The summed E-state index contributed by atoms with van der Waals surface area (Å²) in [5, 5.41) is 0. The number of carbonyl (C=O) groups excluding carboxylic acids is 1. The number of methoxy groups -OCH3 is 1. The molecule has 1 aromatic carbocycles. The van der Waals surface area contributed by atoms with E-state index in [1.807, 2.05) is 18.2 Å². The van der Waals surface area contributed by atoms with Gasteiger partial charge in [0, 0.05) is 19.0 Å². The molecule has 0 saturated carbocycles. The van der Waals surface area contributed by atoms with E-state index in [-0.39, 0.29) is 12.7 Å². The maximum absolute atomic E-state index is 11.5. The van der Waals surface area contributed by atoms with Crippen LogP contribution < -0.4 is 4.74 Å². The van der Waals surface area contributed by atoms with Gasteiger partial charge in [-0.2, -0.15) is 0 Å². The van der Waals surface area contributed by atoms with E-state index in [0.717, 1.165) is 5.75 Å². The Balaban J connectivity index is 1.88. The fraction of sp³-hybridized carbons (Fsp3) is 0.357. The number of nitrogens with zero attached hydrogens (tertiary/aromatic N) is 1. The highest BCUT2D eigenvalue weighted by molar-refractivity contribution is 5.69. The number of carbonyl (C=O) groups is 1. The van der Waals surface area contributed by atoms with Crippen LogP contribution in [0.5, 0.6) is 5.75 Å². The lowest BCUT2D eigenvalue weighted by atomic mass is 9.92. The lowest BCUT2D eigenvalue weighted by Crippen LogP contribution is -2.48. The Morgan fingerprint density at radius 1 is 1.56 bits per heavy atom. The third kappa shape index (κ3) is 2.64. The van der Waals surface area contributed by atoms with E-state index in [9.17, 15) is 4.79 Å². The Morgan fingerprint density at radius 3 is 3.00 bits per heavy atom. The molecular formula is C14H17NO3. The van der Waals surface area contributed by atoms with Crippen molar-refractivity contribution in [2.24, 2.45) is 0 Å². The molecule has 0 aromatic heterocycles. The van der Waals surface area contributed by atoms with Crippen molar-refractivity contribution in [1.29, 1.82) is 0 Å². The summed E-state index contributed by atoms with van der Waals surface area (Å²) in [6, 6.07) is 7.95. The molecule has 4 heteroatoms. The second-order valence-corrected chi connectivity index (χ2v) is 4.24. The highest BCUT2D eigenvalue weighted by Crippen LogP contribution is 2.29. The quantitative estimate of drug-likeness (QED) is 0.767. The number of amides is 1. The topological polar surface area (TPSA) is 38.8 Å². The molecular weight excluding hydrogens is 230 g/mol. The van der Waals surface area contributed by atoms with Gasteiger partial charge in [-0.15, -0.1) is 0 Å². The molecule has 0 N–H and O–H groups in total. The molecule has 0 aliphatic carbocycles. The molecule has 1 aliphatic heterocycles. The van der Waals surface area contributed by atoms with E-state index in [1.165, 1.54) is 5.56 Å². The summed E-state index contributed by atoms with van der Waals surface area (Å²) in [7, 11) is 1.65. The fourth-order valence-electron chi connectivity index (χ4n) is 1.96. The molecule has 96 valence electrons. The lowest BCUT2D eigenvalue weighted by molar-refractivity contribution is 0.0792. The zero-order valence-corrected chi connectivity index (χ0v) is 10.5. The first kappa shape index (κ1) is 12.5. The zero-order chi connectivity index (χ0) is 13.0. The Morgan fingerprint density at radius 2 is 2.33 bits per heavy atom. The summed E-state index contributed by atoms with van der Waals surface area (Å²) < 4.78 is 10.2. The summed E-state index contributed by atoms with van der Waals surface area (Å²) in [6.45, 7) is 5.17. The molecule has 1 aliphatic rings. The number of hydrogen-bond acceptors (Lipinski definition) is 3. The standard InChI is InChI=1S/C14H17NO3/c1-3-7-18-14(16)15-9-12(10-15)11-5-4-6-13(8-11)17-2/h3-6,8,12H,1,7,9-10H2,2H3. The van der Waals surface area contributed by atoms with Gasteiger partial charge in [0.1, 0.15) is 12.4 Å². The Labute approximate surface area is 107 Å². The molecule has 1 saturated heterocycles. The smallest absolute Gasteiger partial charge is 0.410 e. The third-order valence-corrected chi connectivity index (χ3v) is 3.03. The van der Waals surface area contributed by atoms with E-state index in [1.54, 1.807) is 18.1 Å². The van der Waals surface area contributed by atoms with Gasteiger partial charge < -0.3 is 14.4 Å². The summed E-state index contributed by atoms with van der Waals surface area (Å²) in [5.74, 6) is 1.22. The highest BCUT2D eigenvalue weighted by Gasteiger charge is 2.32. The molecule has 0 atom stereocenters. The molecule has 0 unspecified atom stereocenters. The second kappa shape index (κ2) is 5.58. The van der Waals surface area contributed by atoms with Crippen LogP contribution >= 0.6 is 0 Å². The molecule has 0 radical (unpaired) electrons. The predicted molar refractivity (Wildman–Crippen MR) is 68.9 cm³/mol. The van der Waals surface area contributed by atoms with Gasteiger partial charge in [0.05, 0.1) is 7.11 Å². The zero-order valence-electron chi connectivity index (χ0n) is 10.5. The first-order chi connectivity index (χ1) is 8.74. The minimum atomic E-state index is -0.269. The number of likely N-dealkylation sites (tertiary alicyclic amines) is 1. The van der Waals surface area contributed by atoms with Gasteiger partial charge in [-0.25, -0.2) is 4.79 Å². The fourth-order valence-corrected chi connectivity index (χ4v) is 1.96. The lowest BCUT2D eigenvalue weighted by Gasteiger charge is -2.38. The van der Waals surface area contributed by atoms with Crippen molar-refractivity contribution >= 4 is 6.09 Å². The first-order valence-corrected chi connectivity index (χ1v) is 5.91. The number of hydrogen-bond donors (Lipinski definition) is 0. The van der Waals surface area contributed by atoms with Crippen LogP contribution in [0.25, 0.3) is 0 Å². The highest BCUT2D eigenvalue weighted by atomic mass is 16.6. The minimum Gasteiger partial charge on any atom is -0.497 e. The third-order valence-electron chi connectivity index (χ3n) is 3.03. The monoisotopic (exact) mass is 247 g/mol. The van der Waals surface area contributed by atoms with Crippen LogP contribution in [0.1, 0.15) is 11.5 Å². The van der Waals surface area contributed by atoms with Crippen LogP contribution in [-0.4, -0.2) is 37.8 Å². The van der Waals surface area contributed by atoms with Crippen LogP contribution in [0.15, 0.2) is 36.9 Å². The molecule has 1 heterocycles. The summed E-state index contributed by atoms with van der Waals surface area (Å²) >= 11 is 0. The number of ether oxygens (including phenoxy) is 2. The van der Waals surface area contributed by atoms with E-state index < -0.39 is 0 Å². The Bertz CT molecular complexity index is 438. The van der Waals surface area contributed by atoms with E-state index >= 15 is 0 Å². The summed E-state index contributed by atoms with van der Waals surface area (Å²) in [5.41, 5.74) is 1.20. The van der Waals surface area contributed by atoms with Crippen molar-refractivity contribution in [3.63, 3.8) is 0 Å². The molecule has 1 amide bonds. The van der Waals surface area contributed by atoms with Crippen LogP contribution in [0, 0.1) is 0 Å².